The predicted octanol–water partition coefficient (Wildman–Crippen LogP) is 7.11. The molecule has 1 saturated carbocycles. The standard InChI is InChI=1S/C36H49N3O3/c1-3-4-7-14-30-20-22-32(23-21-30)36(41)38(25-13-26-42-2)29-35(40)39(33-17-10-6-11-18-33)28-34-19-12-24-37(34)27-31-15-8-5-9-16-31/h5,8-9,12,15-16,19-24,33H,3-4,6-7,10-11,13-14,17-18,25-29H2,1-2H3. The van der Waals surface area contributed by atoms with Crippen LogP contribution in [-0.4, -0.2) is 59.0 Å². The van der Waals surface area contributed by atoms with E-state index in [9.17, 15) is 9.59 Å². The number of unbranched alkanes of at least 4 members (excludes halogenated alkanes) is 2. The molecule has 2 amide bonds. The third kappa shape index (κ3) is 9.32. The Kier molecular flexibility index (Phi) is 12.7. The molecule has 6 nitrogen and oxygen atoms in total. The third-order valence-corrected chi connectivity index (χ3v) is 8.45. The number of hydrogen-bond acceptors (Lipinski definition) is 3. The molecule has 0 unspecified atom stereocenters. The van der Waals surface area contributed by atoms with Crippen LogP contribution in [0.2, 0.25) is 0 Å². The zero-order valence-corrected chi connectivity index (χ0v) is 25.7. The molecule has 42 heavy (non-hydrogen) atoms. The molecule has 3 aromatic rings. The number of carbonyl (C=O) groups excluding carboxylic acids is 2. The van der Waals surface area contributed by atoms with Crippen molar-refractivity contribution < 1.29 is 14.3 Å². The fraction of sp³-hybridized carbons (Fsp3) is 0.500. The molecule has 0 atom stereocenters. The number of aryl methyl sites for hydroxylation is 1. The van der Waals surface area contributed by atoms with Gasteiger partial charge in [-0.15, -0.1) is 0 Å². The number of rotatable bonds is 16. The Morgan fingerprint density at radius 1 is 0.881 bits per heavy atom. The number of hydrogen-bond donors (Lipinski definition) is 0. The Labute approximate surface area is 252 Å². The minimum atomic E-state index is -0.0874. The van der Waals surface area contributed by atoms with Crippen LogP contribution in [0.4, 0.5) is 0 Å². The lowest BCUT2D eigenvalue weighted by Crippen LogP contribution is -2.48. The van der Waals surface area contributed by atoms with Crippen molar-refractivity contribution in [3.63, 3.8) is 0 Å². The summed E-state index contributed by atoms with van der Waals surface area (Å²) in [6.07, 6.45) is 12.9. The van der Waals surface area contributed by atoms with Crippen LogP contribution < -0.4 is 0 Å². The number of nitrogens with zero attached hydrogens (tertiary/aromatic N) is 3. The molecule has 1 fully saturated rings. The van der Waals surface area contributed by atoms with E-state index >= 15 is 0 Å². The lowest BCUT2D eigenvalue weighted by Gasteiger charge is -2.36. The molecule has 0 aliphatic heterocycles. The predicted molar refractivity (Wildman–Crippen MR) is 169 cm³/mol. The van der Waals surface area contributed by atoms with Gasteiger partial charge in [0.25, 0.3) is 5.91 Å². The summed E-state index contributed by atoms with van der Waals surface area (Å²) in [5.74, 6) is -0.0630. The summed E-state index contributed by atoms with van der Waals surface area (Å²) in [7, 11) is 1.67. The molecule has 0 saturated heterocycles. The third-order valence-electron chi connectivity index (χ3n) is 8.45. The number of amides is 2. The first-order chi connectivity index (χ1) is 20.6. The number of methoxy groups -OCH3 is 1. The van der Waals surface area contributed by atoms with Crippen molar-refractivity contribution in [2.45, 2.75) is 90.3 Å². The fourth-order valence-corrected chi connectivity index (χ4v) is 6.00. The first-order valence-electron chi connectivity index (χ1n) is 15.9. The summed E-state index contributed by atoms with van der Waals surface area (Å²) in [5, 5.41) is 0. The van der Waals surface area contributed by atoms with E-state index in [1.54, 1.807) is 12.0 Å². The largest absolute Gasteiger partial charge is 0.385 e. The summed E-state index contributed by atoms with van der Waals surface area (Å²) >= 11 is 0. The molecule has 1 aliphatic rings. The van der Waals surface area contributed by atoms with Gasteiger partial charge in [-0.1, -0.05) is 81.5 Å². The number of benzene rings is 2. The quantitative estimate of drug-likeness (QED) is 0.172. The molecular weight excluding hydrogens is 522 g/mol. The van der Waals surface area contributed by atoms with E-state index in [4.69, 9.17) is 4.74 Å². The Hall–Kier alpha value is -3.38. The van der Waals surface area contributed by atoms with Gasteiger partial charge in [0.2, 0.25) is 5.91 Å². The summed E-state index contributed by atoms with van der Waals surface area (Å²) in [6, 6.07) is 22.8. The average molecular weight is 572 g/mol. The monoisotopic (exact) mass is 571 g/mol. The Bertz CT molecular complexity index is 1220. The zero-order valence-electron chi connectivity index (χ0n) is 25.7. The maximum Gasteiger partial charge on any atom is 0.254 e. The fourth-order valence-electron chi connectivity index (χ4n) is 6.00. The molecule has 6 heteroatoms. The number of aromatic nitrogens is 1. The van der Waals surface area contributed by atoms with Gasteiger partial charge >= 0.3 is 0 Å². The van der Waals surface area contributed by atoms with E-state index in [2.05, 4.69) is 71.1 Å². The first-order valence-corrected chi connectivity index (χ1v) is 15.9. The van der Waals surface area contributed by atoms with Crippen molar-refractivity contribution in [1.29, 1.82) is 0 Å². The molecule has 4 rings (SSSR count). The van der Waals surface area contributed by atoms with Crippen molar-refractivity contribution in [3.05, 3.63) is 95.3 Å². The van der Waals surface area contributed by atoms with Gasteiger partial charge in [-0.05, 0) is 67.5 Å². The first kappa shape index (κ1) is 31.6. The van der Waals surface area contributed by atoms with E-state index in [-0.39, 0.29) is 24.4 Å². The summed E-state index contributed by atoms with van der Waals surface area (Å²) in [6.45, 7) is 4.64. The minimum absolute atomic E-state index is 0.0244. The van der Waals surface area contributed by atoms with Crippen molar-refractivity contribution in [2.75, 3.05) is 26.8 Å². The molecule has 226 valence electrons. The molecule has 1 aromatic heterocycles. The highest BCUT2D eigenvalue weighted by Gasteiger charge is 2.29. The number of ether oxygens (including phenoxy) is 1. The molecular formula is C36H49N3O3. The second kappa shape index (κ2) is 16.9. The van der Waals surface area contributed by atoms with Gasteiger partial charge in [0.1, 0.15) is 6.54 Å². The van der Waals surface area contributed by atoms with E-state index in [0.717, 1.165) is 50.8 Å². The lowest BCUT2D eigenvalue weighted by molar-refractivity contribution is -0.135. The van der Waals surface area contributed by atoms with Crippen LogP contribution >= 0.6 is 0 Å². The van der Waals surface area contributed by atoms with Gasteiger partial charge < -0.3 is 19.1 Å². The van der Waals surface area contributed by atoms with Crippen LogP contribution in [0.25, 0.3) is 0 Å². The van der Waals surface area contributed by atoms with E-state index < -0.39 is 0 Å². The Morgan fingerprint density at radius 3 is 2.36 bits per heavy atom. The molecule has 1 heterocycles. The van der Waals surface area contributed by atoms with Crippen molar-refractivity contribution in [1.82, 2.24) is 14.4 Å². The second-order valence-electron chi connectivity index (χ2n) is 11.7. The van der Waals surface area contributed by atoms with Gasteiger partial charge in [0.15, 0.2) is 0 Å². The van der Waals surface area contributed by atoms with Gasteiger partial charge in [-0.25, -0.2) is 0 Å². The Morgan fingerprint density at radius 2 is 1.64 bits per heavy atom. The molecule has 0 N–H and O–H groups in total. The van der Waals surface area contributed by atoms with Crippen LogP contribution in [0.15, 0.2) is 72.9 Å². The Balaban J connectivity index is 1.50. The average Bonchev–Trinajstić information content (AvgIpc) is 3.46. The van der Waals surface area contributed by atoms with Gasteiger partial charge in [0, 0.05) is 50.3 Å². The van der Waals surface area contributed by atoms with Gasteiger partial charge in [-0.3, -0.25) is 9.59 Å². The van der Waals surface area contributed by atoms with Crippen LogP contribution in [0.5, 0.6) is 0 Å². The molecule has 0 spiro atoms. The van der Waals surface area contributed by atoms with E-state index in [1.165, 1.54) is 30.4 Å². The molecule has 0 bridgehead atoms. The summed E-state index contributed by atoms with van der Waals surface area (Å²) in [5.41, 5.74) is 4.25. The van der Waals surface area contributed by atoms with Crippen molar-refractivity contribution >= 4 is 11.8 Å². The maximum atomic E-state index is 14.1. The van der Waals surface area contributed by atoms with Crippen LogP contribution in [0, 0.1) is 0 Å². The van der Waals surface area contributed by atoms with E-state index in [1.807, 2.05) is 18.2 Å². The SMILES string of the molecule is CCCCCc1ccc(C(=O)N(CCCOC)CC(=O)N(Cc2cccn2Cc2ccccc2)C2CCCCC2)cc1. The second-order valence-corrected chi connectivity index (χ2v) is 11.7. The highest BCUT2D eigenvalue weighted by atomic mass is 16.5. The number of carbonyl (C=O) groups is 2. The maximum absolute atomic E-state index is 14.1. The van der Waals surface area contributed by atoms with Crippen LogP contribution in [0.3, 0.4) is 0 Å². The highest BCUT2D eigenvalue weighted by molar-refractivity contribution is 5.96. The van der Waals surface area contributed by atoms with Crippen molar-refractivity contribution in [3.8, 4) is 0 Å². The molecule has 0 radical (unpaired) electrons. The smallest absolute Gasteiger partial charge is 0.254 e. The minimum Gasteiger partial charge on any atom is -0.385 e. The highest BCUT2D eigenvalue weighted by Crippen LogP contribution is 2.25. The zero-order chi connectivity index (χ0) is 29.6. The van der Waals surface area contributed by atoms with Crippen LogP contribution in [-0.2, 0) is 29.0 Å². The van der Waals surface area contributed by atoms with E-state index in [0.29, 0.717) is 31.7 Å². The summed E-state index contributed by atoms with van der Waals surface area (Å²) in [4.78, 5) is 31.6. The normalized spacial score (nSPS) is 13.7. The summed E-state index contributed by atoms with van der Waals surface area (Å²) < 4.78 is 7.52. The van der Waals surface area contributed by atoms with Crippen LogP contribution in [0.1, 0.15) is 91.9 Å². The topological polar surface area (TPSA) is 54.8 Å². The van der Waals surface area contributed by atoms with Crippen molar-refractivity contribution in [2.24, 2.45) is 0 Å². The molecule has 1 aliphatic carbocycles. The van der Waals surface area contributed by atoms with Gasteiger partial charge in [0.05, 0.1) is 6.54 Å². The molecule has 2 aromatic carbocycles. The van der Waals surface area contributed by atoms with Gasteiger partial charge in [-0.2, -0.15) is 0 Å². The lowest BCUT2D eigenvalue weighted by atomic mass is 9.94.